The molecule has 0 aromatic heterocycles. The van der Waals surface area contributed by atoms with Gasteiger partial charge in [0.15, 0.2) is 0 Å². The molecule has 1 unspecified atom stereocenters. The summed E-state index contributed by atoms with van der Waals surface area (Å²) in [4.78, 5) is 2.02. The average Bonchev–Trinajstić information content (AvgIpc) is 2.26. The Labute approximate surface area is 89.7 Å². The van der Waals surface area contributed by atoms with Crippen LogP contribution in [0.4, 0.5) is 0 Å². The monoisotopic (exact) mass is 201 g/mol. The number of hydrogen-bond donors (Lipinski definition) is 2. The Morgan fingerprint density at radius 2 is 1.93 bits per heavy atom. The zero-order valence-electron chi connectivity index (χ0n) is 8.51. The summed E-state index contributed by atoms with van der Waals surface area (Å²) in [6.07, 6.45) is 5.51. The molecular weight excluding hydrogens is 186 g/mol. The quantitative estimate of drug-likeness (QED) is 0.754. The maximum atomic E-state index is 5.95. The molecule has 1 heterocycles. The highest BCUT2D eigenvalue weighted by molar-refractivity contribution is 5.22. The van der Waals surface area contributed by atoms with Crippen LogP contribution in [-0.4, -0.2) is 11.1 Å². The van der Waals surface area contributed by atoms with Crippen molar-refractivity contribution in [1.82, 2.24) is 4.90 Å². The van der Waals surface area contributed by atoms with Gasteiger partial charge in [0.25, 0.3) is 0 Å². The SMILES string of the molecule is NC1=CC=CN(Cc2ccccc2)C1N. The average molecular weight is 201 g/mol. The summed E-state index contributed by atoms with van der Waals surface area (Å²) in [5, 5.41) is 0. The molecule has 0 spiro atoms. The van der Waals surface area contributed by atoms with Crippen molar-refractivity contribution in [2.75, 3.05) is 0 Å². The van der Waals surface area contributed by atoms with E-state index in [2.05, 4.69) is 12.1 Å². The van der Waals surface area contributed by atoms with E-state index in [4.69, 9.17) is 11.5 Å². The van der Waals surface area contributed by atoms with E-state index in [1.807, 2.05) is 41.5 Å². The third kappa shape index (κ3) is 2.19. The van der Waals surface area contributed by atoms with Gasteiger partial charge in [0.2, 0.25) is 0 Å². The first-order chi connectivity index (χ1) is 7.27. The molecule has 2 rings (SSSR count). The summed E-state index contributed by atoms with van der Waals surface area (Å²) >= 11 is 0. The van der Waals surface area contributed by atoms with Crippen molar-refractivity contribution >= 4 is 0 Å². The lowest BCUT2D eigenvalue weighted by Crippen LogP contribution is -2.43. The molecule has 1 aliphatic rings. The lowest BCUT2D eigenvalue weighted by atomic mass is 10.2. The molecule has 78 valence electrons. The topological polar surface area (TPSA) is 55.3 Å². The summed E-state index contributed by atoms with van der Waals surface area (Å²) in [5.74, 6) is 0. The third-order valence-corrected chi connectivity index (χ3v) is 2.47. The Hall–Kier alpha value is -1.74. The second-order valence-electron chi connectivity index (χ2n) is 3.61. The van der Waals surface area contributed by atoms with Crippen LogP contribution in [0.1, 0.15) is 5.56 Å². The molecule has 3 nitrogen and oxygen atoms in total. The van der Waals surface area contributed by atoms with E-state index in [0.29, 0.717) is 5.70 Å². The van der Waals surface area contributed by atoms with Gasteiger partial charge in [-0.2, -0.15) is 0 Å². The Morgan fingerprint density at radius 1 is 1.20 bits per heavy atom. The van der Waals surface area contributed by atoms with Crippen molar-refractivity contribution < 1.29 is 0 Å². The first-order valence-corrected chi connectivity index (χ1v) is 4.96. The molecule has 1 aliphatic heterocycles. The Morgan fingerprint density at radius 3 is 2.67 bits per heavy atom. The molecule has 0 fully saturated rings. The van der Waals surface area contributed by atoms with Gasteiger partial charge in [-0.15, -0.1) is 0 Å². The molecule has 0 saturated heterocycles. The molecule has 0 amide bonds. The maximum Gasteiger partial charge on any atom is 0.118 e. The van der Waals surface area contributed by atoms with Crippen LogP contribution in [0.2, 0.25) is 0 Å². The Kier molecular flexibility index (Phi) is 2.74. The highest BCUT2D eigenvalue weighted by Crippen LogP contribution is 2.12. The van der Waals surface area contributed by atoms with Crippen LogP contribution in [0.15, 0.2) is 54.4 Å². The number of nitrogens with zero attached hydrogens (tertiary/aromatic N) is 1. The molecule has 3 heteroatoms. The highest BCUT2D eigenvalue weighted by Gasteiger charge is 2.15. The number of nitrogens with two attached hydrogens (primary N) is 2. The number of rotatable bonds is 2. The minimum Gasteiger partial charge on any atom is -0.399 e. The molecule has 4 N–H and O–H groups in total. The van der Waals surface area contributed by atoms with Crippen molar-refractivity contribution in [2.45, 2.75) is 12.7 Å². The fraction of sp³-hybridized carbons (Fsp3) is 0.167. The molecule has 1 aromatic rings. The minimum absolute atomic E-state index is 0.213. The molecule has 0 aliphatic carbocycles. The predicted octanol–water partition coefficient (Wildman–Crippen LogP) is 1.14. The van der Waals surface area contributed by atoms with Gasteiger partial charge in [-0.05, 0) is 17.7 Å². The van der Waals surface area contributed by atoms with E-state index < -0.39 is 0 Å². The van der Waals surface area contributed by atoms with E-state index in [9.17, 15) is 0 Å². The number of allylic oxidation sites excluding steroid dienone is 2. The largest absolute Gasteiger partial charge is 0.399 e. The van der Waals surface area contributed by atoms with E-state index in [1.54, 1.807) is 0 Å². The number of benzene rings is 1. The standard InChI is InChI=1S/C12H15N3/c13-11-7-4-8-15(12(11)14)9-10-5-2-1-3-6-10/h1-8,12H,9,13-14H2. The van der Waals surface area contributed by atoms with Crippen LogP contribution >= 0.6 is 0 Å². The lowest BCUT2D eigenvalue weighted by Gasteiger charge is -2.30. The fourth-order valence-electron chi connectivity index (χ4n) is 1.59. The van der Waals surface area contributed by atoms with Crippen LogP contribution in [0.3, 0.4) is 0 Å². The van der Waals surface area contributed by atoms with Gasteiger partial charge in [-0.25, -0.2) is 0 Å². The molecule has 0 saturated carbocycles. The Balaban J connectivity index is 2.08. The van der Waals surface area contributed by atoms with Crippen LogP contribution < -0.4 is 11.5 Å². The zero-order chi connectivity index (χ0) is 10.7. The van der Waals surface area contributed by atoms with Gasteiger partial charge >= 0.3 is 0 Å². The summed E-state index contributed by atoms with van der Waals surface area (Å²) < 4.78 is 0. The third-order valence-electron chi connectivity index (χ3n) is 2.47. The summed E-state index contributed by atoms with van der Waals surface area (Å²) in [7, 11) is 0. The van der Waals surface area contributed by atoms with Crippen LogP contribution in [0.5, 0.6) is 0 Å². The summed E-state index contributed by atoms with van der Waals surface area (Å²) in [5.41, 5.74) is 13.6. The van der Waals surface area contributed by atoms with Crippen molar-refractivity contribution in [3.05, 3.63) is 59.9 Å². The van der Waals surface area contributed by atoms with Gasteiger partial charge in [-0.1, -0.05) is 30.3 Å². The zero-order valence-corrected chi connectivity index (χ0v) is 8.51. The first-order valence-electron chi connectivity index (χ1n) is 4.96. The van der Waals surface area contributed by atoms with Gasteiger partial charge in [0.1, 0.15) is 6.17 Å². The van der Waals surface area contributed by atoms with E-state index >= 15 is 0 Å². The molecule has 0 bridgehead atoms. The second-order valence-corrected chi connectivity index (χ2v) is 3.61. The van der Waals surface area contributed by atoms with Gasteiger partial charge in [0, 0.05) is 18.4 Å². The lowest BCUT2D eigenvalue weighted by molar-refractivity contribution is 0.299. The molecule has 1 aromatic carbocycles. The smallest absolute Gasteiger partial charge is 0.118 e. The predicted molar refractivity (Wildman–Crippen MR) is 61.4 cm³/mol. The maximum absolute atomic E-state index is 5.95. The van der Waals surface area contributed by atoms with Gasteiger partial charge in [-0.3, -0.25) is 0 Å². The van der Waals surface area contributed by atoms with Crippen LogP contribution in [-0.2, 0) is 6.54 Å². The van der Waals surface area contributed by atoms with Crippen LogP contribution in [0.25, 0.3) is 0 Å². The second kappa shape index (κ2) is 4.19. The van der Waals surface area contributed by atoms with E-state index in [0.717, 1.165) is 6.54 Å². The highest BCUT2D eigenvalue weighted by atomic mass is 15.2. The number of hydrogen-bond acceptors (Lipinski definition) is 3. The fourth-order valence-corrected chi connectivity index (χ4v) is 1.59. The first kappa shape index (κ1) is 9.80. The van der Waals surface area contributed by atoms with Crippen molar-refractivity contribution in [1.29, 1.82) is 0 Å². The van der Waals surface area contributed by atoms with Gasteiger partial charge < -0.3 is 16.4 Å². The van der Waals surface area contributed by atoms with E-state index in [-0.39, 0.29) is 6.17 Å². The molecule has 15 heavy (non-hydrogen) atoms. The van der Waals surface area contributed by atoms with Crippen molar-refractivity contribution in [3.8, 4) is 0 Å². The van der Waals surface area contributed by atoms with E-state index in [1.165, 1.54) is 5.56 Å². The molecular formula is C12H15N3. The molecule has 0 radical (unpaired) electrons. The normalized spacial score (nSPS) is 20.2. The molecule has 1 atom stereocenters. The van der Waals surface area contributed by atoms with Gasteiger partial charge in [0.05, 0.1) is 0 Å². The summed E-state index contributed by atoms with van der Waals surface area (Å²) in [6, 6.07) is 10.2. The minimum atomic E-state index is -0.213. The van der Waals surface area contributed by atoms with Crippen LogP contribution in [0, 0.1) is 0 Å². The summed E-state index contributed by atoms with van der Waals surface area (Å²) in [6.45, 7) is 0.785. The van der Waals surface area contributed by atoms with Crippen molar-refractivity contribution in [2.24, 2.45) is 11.5 Å². The Bertz CT molecular complexity index is 381. The van der Waals surface area contributed by atoms with Crippen molar-refractivity contribution in [3.63, 3.8) is 0 Å².